The van der Waals surface area contributed by atoms with Crippen molar-refractivity contribution in [2.75, 3.05) is 12.4 Å². The average Bonchev–Trinajstić information content (AvgIpc) is 2.98. The quantitative estimate of drug-likeness (QED) is 0.674. The van der Waals surface area contributed by atoms with E-state index >= 15 is 0 Å². The van der Waals surface area contributed by atoms with Crippen molar-refractivity contribution >= 4 is 32.4 Å². The summed E-state index contributed by atoms with van der Waals surface area (Å²) in [5.41, 5.74) is 1.57. The molecule has 0 saturated heterocycles. The number of rotatable bonds is 7. The number of benzene rings is 1. The Morgan fingerprint density at radius 2 is 2.07 bits per heavy atom. The Bertz CT molecular complexity index is 1140. The summed E-state index contributed by atoms with van der Waals surface area (Å²) in [4.78, 5) is 12.8. The number of ether oxygens (including phenoxy) is 1. The Labute approximate surface area is 157 Å². The molecule has 0 atom stereocenters. The van der Waals surface area contributed by atoms with Gasteiger partial charge in [-0.05, 0) is 30.7 Å². The predicted octanol–water partition coefficient (Wildman–Crippen LogP) is 2.85. The van der Waals surface area contributed by atoms with E-state index in [2.05, 4.69) is 4.72 Å². The third-order valence-electron chi connectivity index (χ3n) is 4.16. The summed E-state index contributed by atoms with van der Waals surface area (Å²) < 4.78 is 33.6. The van der Waals surface area contributed by atoms with Crippen LogP contribution in [0.2, 0.25) is 0 Å². The fourth-order valence-corrected chi connectivity index (χ4v) is 4.09. The topological polar surface area (TPSA) is 101 Å². The van der Waals surface area contributed by atoms with Gasteiger partial charge in [0.05, 0.1) is 22.3 Å². The third kappa shape index (κ3) is 3.88. The molecule has 1 aromatic carbocycles. The molecule has 0 saturated carbocycles. The van der Waals surface area contributed by atoms with Crippen LogP contribution in [0.15, 0.2) is 42.6 Å². The van der Waals surface area contributed by atoms with Gasteiger partial charge in [0.15, 0.2) is 6.61 Å². The Hall–Kier alpha value is -3.05. The van der Waals surface area contributed by atoms with E-state index < -0.39 is 15.9 Å². The standard InChI is InChI=1S/C19H19N3O4S/c1-2-3-12-27(24,25)21-19(23)18-15-8-7-14(26-11-9-20)13-17(15)22-10-5-4-6-16(18)22/h4-8,10,13H,2-3,11-12H2,1H3,(H,21,23). The van der Waals surface area contributed by atoms with Crippen LogP contribution in [0.5, 0.6) is 5.75 Å². The van der Waals surface area contributed by atoms with Gasteiger partial charge in [0.1, 0.15) is 11.8 Å². The highest BCUT2D eigenvalue weighted by Gasteiger charge is 2.22. The number of nitrogens with one attached hydrogen (secondary N) is 1. The van der Waals surface area contributed by atoms with Gasteiger partial charge < -0.3 is 9.14 Å². The van der Waals surface area contributed by atoms with Crippen LogP contribution in [0.4, 0.5) is 0 Å². The number of carbonyl (C=O) groups is 1. The SMILES string of the molecule is CCCCS(=O)(=O)NC(=O)c1c2ccc(OCC#N)cc2n2ccccc12. The van der Waals surface area contributed by atoms with E-state index in [1.165, 1.54) is 0 Å². The molecule has 0 bridgehead atoms. The Morgan fingerprint density at radius 3 is 2.81 bits per heavy atom. The molecule has 0 spiro atoms. The molecule has 0 aliphatic carbocycles. The van der Waals surface area contributed by atoms with Crippen LogP contribution >= 0.6 is 0 Å². The molecule has 3 aromatic rings. The number of hydrogen-bond donors (Lipinski definition) is 1. The minimum atomic E-state index is -3.70. The summed E-state index contributed by atoms with van der Waals surface area (Å²) >= 11 is 0. The Morgan fingerprint density at radius 1 is 1.26 bits per heavy atom. The summed E-state index contributed by atoms with van der Waals surface area (Å²) in [6.07, 6.45) is 2.99. The summed E-state index contributed by atoms with van der Waals surface area (Å²) in [7, 11) is -3.70. The number of nitriles is 1. The zero-order chi connectivity index (χ0) is 19.4. The fraction of sp³-hybridized carbons (Fsp3) is 0.263. The summed E-state index contributed by atoms with van der Waals surface area (Å²) in [6, 6.07) is 12.3. The minimum Gasteiger partial charge on any atom is -0.479 e. The van der Waals surface area contributed by atoms with E-state index in [1.54, 1.807) is 40.9 Å². The molecule has 1 amide bonds. The lowest BCUT2D eigenvalue weighted by Crippen LogP contribution is -2.32. The molecule has 0 aliphatic heterocycles. The lowest BCUT2D eigenvalue weighted by molar-refractivity contribution is 0.0984. The second-order valence-corrected chi connectivity index (χ2v) is 7.90. The number of fused-ring (bicyclic) bond motifs is 3. The first-order valence-corrected chi connectivity index (χ1v) is 10.2. The lowest BCUT2D eigenvalue weighted by Gasteiger charge is -2.06. The molecule has 27 heavy (non-hydrogen) atoms. The van der Waals surface area contributed by atoms with Crippen molar-refractivity contribution in [1.29, 1.82) is 5.26 Å². The number of aromatic nitrogens is 1. The molecule has 8 heteroatoms. The number of pyridine rings is 1. The summed E-state index contributed by atoms with van der Waals surface area (Å²) in [5.74, 6) is -0.254. The maximum absolute atomic E-state index is 12.8. The van der Waals surface area contributed by atoms with Gasteiger partial charge in [-0.15, -0.1) is 0 Å². The molecule has 7 nitrogen and oxygen atoms in total. The van der Waals surface area contributed by atoms with Crippen molar-refractivity contribution in [3.05, 3.63) is 48.2 Å². The first-order chi connectivity index (χ1) is 13.0. The molecular formula is C19H19N3O4S. The van der Waals surface area contributed by atoms with Crippen LogP contribution in [0, 0.1) is 11.3 Å². The first-order valence-electron chi connectivity index (χ1n) is 8.54. The number of unbranched alkanes of at least 4 members (excludes halogenated alkanes) is 1. The van der Waals surface area contributed by atoms with E-state index in [9.17, 15) is 13.2 Å². The minimum absolute atomic E-state index is 0.0855. The first kappa shape index (κ1) is 18.7. The van der Waals surface area contributed by atoms with Gasteiger partial charge in [0, 0.05) is 17.6 Å². The highest BCUT2D eigenvalue weighted by Crippen LogP contribution is 2.30. The number of sulfonamides is 1. The van der Waals surface area contributed by atoms with Crippen molar-refractivity contribution < 1.29 is 17.9 Å². The fourth-order valence-electron chi connectivity index (χ4n) is 2.94. The van der Waals surface area contributed by atoms with Gasteiger partial charge in [0.2, 0.25) is 10.0 Å². The second kappa shape index (κ2) is 7.68. The van der Waals surface area contributed by atoms with Crippen molar-refractivity contribution in [3.8, 4) is 11.8 Å². The lowest BCUT2D eigenvalue weighted by atomic mass is 10.1. The number of hydrogen-bond acceptors (Lipinski definition) is 5. The number of amides is 1. The van der Waals surface area contributed by atoms with Crippen LogP contribution in [0.25, 0.3) is 16.4 Å². The molecule has 3 rings (SSSR count). The second-order valence-electron chi connectivity index (χ2n) is 6.06. The van der Waals surface area contributed by atoms with E-state index in [0.29, 0.717) is 28.6 Å². The zero-order valence-electron chi connectivity index (χ0n) is 14.8. The van der Waals surface area contributed by atoms with Crippen LogP contribution in [0.3, 0.4) is 0 Å². The highest BCUT2D eigenvalue weighted by atomic mass is 32.2. The monoisotopic (exact) mass is 385 g/mol. The highest BCUT2D eigenvalue weighted by molar-refractivity contribution is 7.90. The summed E-state index contributed by atoms with van der Waals surface area (Å²) in [5, 5.41) is 9.27. The van der Waals surface area contributed by atoms with Gasteiger partial charge >= 0.3 is 0 Å². The molecule has 140 valence electrons. The van der Waals surface area contributed by atoms with Crippen LogP contribution < -0.4 is 9.46 Å². The normalized spacial score (nSPS) is 11.4. The number of carbonyl (C=O) groups excluding carboxylic acids is 1. The Balaban J connectivity index is 2.08. The van der Waals surface area contributed by atoms with Gasteiger partial charge in [-0.1, -0.05) is 19.4 Å². The smallest absolute Gasteiger partial charge is 0.267 e. The van der Waals surface area contributed by atoms with E-state index in [4.69, 9.17) is 10.00 Å². The van der Waals surface area contributed by atoms with Crippen molar-refractivity contribution in [1.82, 2.24) is 9.12 Å². The molecule has 1 N–H and O–H groups in total. The van der Waals surface area contributed by atoms with E-state index in [0.717, 1.165) is 6.42 Å². The summed E-state index contributed by atoms with van der Waals surface area (Å²) in [6.45, 7) is 1.80. The molecule has 2 aromatic heterocycles. The molecule has 0 fully saturated rings. The zero-order valence-corrected chi connectivity index (χ0v) is 15.6. The third-order valence-corrected chi connectivity index (χ3v) is 5.48. The maximum atomic E-state index is 12.8. The van der Waals surface area contributed by atoms with Crippen molar-refractivity contribution in [2.24, 2.45) is 0 Å². The van der Waals surface area contributed by atoms with Crippen LogP contribution in [0.1, 0.15) is 30.1 Å². The molecule has 0 radical (unpaired) electrons. The predicted molar refractivity (Wildman–Crippen MR) is 102 cm³/mol. The van der Waals surface area contributed by atoms with E-state index in [-0.39, 0.29) is 17.9 Å². The van der Waals surface area contributed by atoms with Crippen molar-refractivity contribution in [2.45, 2.75) is 19.8 Å². The Kier molecular flexibility index (Phi) is 5.33. The van der Waals surface area contributed by atoms with Gasteiger partial charge in [0.25, 0.3) is 5.91 Å². The van der Waals surface area contributed by atoms with Crippen LogP contribution in [-0.2, 0) is 10.0 Å². The van der Waals surface area contributed by atoms with Gasteiger partial charge in [-0.25, -0.2) is 13.1 Å². The van der Waals surface area contributed by atoms with Gasteiger partial charge in [-0.3, -0.25) is 4.79 Å². The number of nitrogens with zero attached hydrogens (tertiary/aromatic N) is 2. The van der Waals surface area contributed by atoms with Gasteiger partial charge in [-0.2, -0.15) is 5.26 Å². The average molecular weight is 385 g/mol. The molecule has 0 aliphatic rings. The maximum Gasteiger partial charge on any atom is 0.267 e. The molecule has 2 heterocycles. The largest absolute Gasteiger partial charge is 0.479 e. The molecule has 0 unspecified atom stereocenters. The van der Waals surface area contributed by atoms with E-state index in [1.807, 2.05) is 19.1 Å². The molecular weight excluding hydrogens is 366 g/mol. The van der Waals surface area contributed by atoms with Crippen molar-refractivity contribution in [3.63, 3.8) is 0 Å². The van der Waals surface area contributed by atoms with Crippen LogP contribution in [-0.4, -0.2) is 31.1 Å².